The maximum absolute atomic E-state index is 14.4. The summed E-state index contributed by atoms with van der Waals surface area (Å²) in [6.45, 7) is 4.11. The number of nitrogens with zero attached hydrogens (tertiary/aromatic N) is 3. The lowest BCUT2D eigenvalue weighted by molar-refractivity contribution is -0.242. The first-order valence-corrected chi connectivity index (χ1v) is 15.0. The van der Waals surface area contributed by atoms with Crippen molar-refractivity contribution in [1.29, 1.82) is 0 Å². The Labute approximate surface area is 246 Å². The number of rotatable bonds is 9. The molecular weight excluding hydrogens is 599 g/mol. The zero-order valence-electron chi connectivity index (χ0n) is 24.0. The van der Waals surface area contributed by atoms with Crippen LogP contribution in [0.5, 0.6) is 11.6 Å². The van der Waals surface area contributed by atoms with Crippen molar-refractivity contribution in [1.82, 2.24) is 15.1 Å². The molecule has 238 valence electrons. The third-order valence-electron chi connectivity index (χ3n) is 6.77. The number of aliphatic hydroxyl groups is 1. The van der Waals surface area contributed by atoms with E-state index in [0.29, 0.717) is 38.9 Å². The fourth-order valence-corrected chi connectivity index (χ4v) is 6.33. The van der Waals surface area contributed by atoms with E-state index in [1.165, 1.54) is 32.0 Å². The van der Waals surface area contributed by atoms with Gasteiger partial charge in [-0.05, 0) is 58.2 Å². The Hall–Kier alpha value is -3.73. The molecule has 17 heteroatoms. The molecule has 3 N–H and O–H groups in total. The summed E-state index contributed by atoms with van der Waals surface area (Å²) in [4.78, 5) is 23.7. The maximum atomic E-state index is 14.4. The van der Waals surface area contributed by atoms with Gasteiger partial charge in [0, 0.05) is 19.2 Å². The molecule has 13 nitrogen and oxygen atoms in total. The van der Waals surface area contributed by atoms with E-state index in [2.05, 4.69) is 20.5 Å². The summed E-state index contributed by atoms with van der Waals surface area (Å²) >= 11 is 0. The smallest absolute Gasteiger partial charge is 0.427 e. The van der Waals surface area contributed by atoms with Crippen LogP contribution in [-0.4, -0.2) is 79.0 Å². The minimum atomic E-state index is -4.83. The first kappa shape index (κ1) is 32.2. The average molecular weight is 634 g/mol. The normalized spacial score (nSPS) is 17.7. The highest BCUT2D eigenvalue weighted by Crippen LogP contribution is 2.42. The molecule has 0 radical (unpaired) electrons. The molecule has 0 saturated heterocycles. The first-order valence-electron chi connectivity index (χ1n) is 13.5. The molecule has 0 unspecified atom stereocenters. The predicted octanol–water partition coefficient (Wildman–Crippen LogP) is 2.96. The van der Waals surface area contributed by atoms with E-state index in [1.807, 2.05) is 0 Å². The van der Waals surface area contributed by atoms with Crippen molar-refractivity contribution in [3.8, 4) is 11.6 Å². The molecule has 3 heterocycles. The highest BCUT2D eigenvalue weighted by Gasteiger charge is 2.51. The zero-order chi connectivity index (χ0) is 31.7. The number of halogens is 3. The largest absolute Gasteiger partial charge is 0.484 e. The van der Waals surface area contributed by atoms with Gasteiger partial charge in [0.25, 0.3) is 15.9 Å². The molecule has 2 atom stereocenters. The number of aliphatic hydroxyl groups excluding tert-OH is 1. The minimum Gasteiger partial charge on any atom is -0.484 e. The summed E-state index contributed by atoms with van der Waals surface area (Å²) in [5.74, 6) is -0.466. The number of aromatic nitrogens is 2. The number of hydrogen-bond acceptors (Lipinski definition) is 9. The van der Waals surface area contributed by atoms with Gasteiger partial charge >= 0.3 is 12.3 Å². The van der Waals surface area contributed by atoms with Gasteiger partial charge in [-0.15, -0.1) is 5.10 Å². The molecule has 0 aliphatic carbocycles. The number of hydrogen-bond donors (Lipinski definition) is 3. The molecule has 0 fully saturated rings. The molecule has 1 aromatic carbocycles. The Morgan fingerprint density at radius 3 is 2.63 bits per heavy atom. The zero-order valence-corrected chi connectivity index (χ0v) is 24.8. The van der Waals surface area contributed by atoms with Crippen LogP contribution in [0, 0.1) is 0 Å². The summed E-state index contributed by atoms with van der Waals surface area (Å²) in [6, 6.07) is 3.89. The number of alkyl halides is 3. The van der Waals surface area contributed by atoms with Crippen LogP contribution in [-0.2, 0) is 32.5 Å². The third-order valence-corrected chi connectivity index (χ3v) is 8.62. The SMILES string of the molecule is CC(=O)NC[C@H]1CN(S(=O)(=O)c2c(OC[C@H](C)O)nn3c2CCCC3)c2cc(NC(=O)OC(C)(C)C(F)(F)F)ccc2O1. The van der Waals surface area contributed by atoms with Crippen molar-refractivity contribution in [3.05, 3.63) is 23.9 Å². The highest BCUT2D eigenvalue weighted by atomic mass is 32.2. The van der Waals surface area contributed by atoms with E-state index in [9.17, 15) is 36.3 Å². The number of sulfonamides is 1. The predicted molar refractivity (Wildman–Crippen MR) is 147 cm³/mol. The fourth-order valence-electron chi connectivity index (χ4n) is 4.52. The number of ether oxygens (including phenoxy) is 3. The van der Waals surface area contributed by atoms with Crippen molar-refractivity contribution >= 4 is 33.4 Å². The molecule has 1 aromatic heterocycles. The van der Waals surface area contributed by atoms with Gasteiger partial charge in [-0.3, -0.25) is 19.1 Å². The molecule has 0 bridgehead atoms. The number of carbonyl (C=O) groups excluding carboxylic acids is 2. The Morgan fingerprint density at radius 1 is 1.26 bits per heavy atom. The lowest BCUT2D eigenvalue weighted by atomic mass is 10.1. The van der Waals surface area contributed by atoms with Gasteiger partial charge in [-0.2, -0.15) is 13.2 Å². The van der Waals surface area contributed by atoms with E-state index in [-0.39, 0.29) is 53.5 Å². The number of anilines is 2. The number of amides is 2. The van der Waals surface area contributed by atoms with Crippen LogP contribution >= 0.6 is 0 Å². The second kappa shape index (κ2) is 12.1. The van der Waals surface area contributed by atoms with Gasteiger partial charge in [0.2, 0.25) is 11.5 Å². The summed E-state index contributed by atoms with van der Waals surface area (Å²) in [5, 5.41) is 18.9. The van der Waals surface area contributed by atoms with Crippen molar-refractivity contribution in [3.63, 3.8) is 0 Å². The molecule has 4 rings (SSSR count). The van der Waals surface area contributed by atoms with Gasteiger partial charge in [0.15, 0.2) is 4.90 Å². The number of benzene rings is 1. The maximum Gasteiger partial charge on any atom is 0.427 e. The van der Waals surface area contributed by atoms with Gasteiger partial charge in [-0.1, -0.05) is 0 Å². The molecule has 2 amide bonds. The molecule has 0 saturated carbocycles. The van der Waals surface area contributed by atoms with Crippen LogP contribution in [0.25, 0.3) is 0 Å². The van der Waals surface area contributed by atoms with Crippen LogP contribution in [0.15, 0.2) is 23.1 Å². The number of aryl methyl sites for hydroxylation is 1. The van der Waals surface area contributed by atoms with E-state index in [4.69, 9.17) is 9.47 Å². The molecular formula is C26H34F3N5O8S. The van der Waals surface area contributed by atoms with Crippen LogP contribution in [0.4, 0.5) is 29.3 Å². The molecule has 2 aliphatic rings. The quantitative estimate of drug-likeness (QED) is 0.377. The molecule has 43 heavy (non-hydrogen) atoms. The van der Waals surface area contributed by atoms with Gasteiger partial charge < -0.3 is 24.6 Å². The Morgan fingerprint density at radius 2 is 1.98 bits per heavy atom. The van der Waals surface area contributed by atoms with Gasteiger partial charge in [0.05, 0.1) is 30.6 Å². The van der Waals surface area contributed by atoms with Gasteiger partial charge in [0.1, 0.15) is 18.5 Å². The van der Waals surface area contributed by atoms with Crippen LogP contribution in [0.3, 0.4) is 0 Å². The van der Waals surface area contributed by atoms with E-state index in [1.54, 1.807) is 4.68 Å². The van der Waals surface area contributed by atoms with Crippen molar-refractivity contribution in [2.45, 2.75) is 82.4 Å². The summed E-state index contributed by atoms with van der Waals surface area (Å²) in [6.07, 6.45) is -6.09. The number of carbonyl (C=O) groups is 2. The summed E-state index contributed by atoms with van der Waals surface area (Å²) < 4.78 is 87.2. The second-order valence-electron chi connectivity index (χ2n) is 10.8. The lowest BCUT2D eigenvalue weighted by Crippen LogP contribution is -2.48. The third kappa shape index (κ3) is 7.09. The summed E-state index contributed by atoms with van der Waals surface area (Å²) in [5.41, 5.74) is -2.45. The minimum absolute atomic E-state index is 0.0239. The van der Waals surface area contributed by atoms with Crippen molar-refractivity contribution in [2.24, 2.45) is 0 Å². The van der Waals surface area contributed by atoms with E-state index >= 15 is 0 Å². The van der Waals surface area contributed by atoms with Crippen molar-refractivity contribution < 1.29 is 50.5 Å². The molecule has 0 spiro atoms. The Bertz CT molecular complexity index is 1480. The summed E-state index contributed by atoms with van der Waals surface area (Å²) in [7, 11) is -4.46. The first-order chi connectivity index (χ1) is 20.0. The fraction of sp³-hybridized carbons (Fsp3) is 0.577. The van der Waals surface area contributed by atoms with Gasteiger partial charge in [-0.25, -0.2) is 13.2 Å². The topological polar surface area (TPSA) is 161 Å². The van der Waals surface area contributed by atoms with Crippen LogP contribution in [0.1, 0.15) is 46.2 Å². The van der Waals surface area contributed by atoms with Crippen molar-refractivity contribution in [2.75, 3.05) is 29.3 Å². The molecule has 2 aliphatic heterocycles. The Balaban J connectivity index is 1.74. The monoisotopic (exact) mass is 633 g/mol. The second-order valence-corrected chi connectivity index (χ2v) is 12.6. The average Bonchev–Trinajstić information content (AvgIpc) is 3.28. The van der Waals surface area contributed by atoms with Crippen LogP contribution in [0.2, 0.25) is 0 Å². The Kier molecular flexibility index (Phi) is 9.06. The molecule has 2 aromatic rings. The number of fused-ring (bicyclic) bond motifs is 2. The standard InChI is InChI=1S/C26H34F3N5O8S/c1-15(35)14-40-23-22(19-7-5-6-10-33(19)32-23)43(38,39)34-13-18(12-30-16(2)36)41-21-9-8-17(11-20(21)34)31-24(37)42-25(3,4)26(27,28)29/h8-9,11,15,18,35H,5-7,10,12-14H2,1-4H3,(H,30,36)(H,31,37)/t15-,18-/m0/s1. The van der Waals surface area contributed by atoms with Crippen LogP contribution < -0.4 is 24.4 Å². The lowest BCUT2D eigenvalue weighted by Gasteiger charge is -2.36. The van der Waals surface area contributed by atoms with E-state index < -0.39 is 40.1 Å². The number of nitrogens with one attached hydrogen (secondary N) is 2. The highest BCUT2D eigenvalue weighted by molar-refractivity contribution is 7.93. The van der Waals surface area contributed by atoms with E-state index in [0.717, 1.165) is 10.7 Å².